The molecule has 0 saturated carbocycles. The molecule has 0 bridgehead atoms. The fraction of sp³-hybridized carbons (Fsp3) is 0.182. The van der Waals surface area contributed by atoms with Crippen LogP contribution in [0, 0.1) is 0 Å². The minimum absolute atomic E-state index is 0.0314. The summed E-state index contributed by atoms with van der Waals surface area (Å²) in [7, 11) is 0. The van der Waals surface area contributed by atoms with Crippen molar-refractivity contribution >= 4 is 51.3 Å². The SMILES string of the molecule is CC(=O)Cc1nsc(Nc2ccc(Cl)cc2Cl)n1. The third-order valence-electron chi connectivity index (χ3n) is 2.05. The number of rotatable bonds is 4. The lowest BCUT2D eigenvalue weighted by atomic mass is 10.3. The van der Waals surface area contributed by atoms with Crippen molar-refractivity contribution in [3.8, 4) is 0 Å². The maximum Gasteiger partial charge on any atom is 0.207 e. The van der Waals surface area contributed by atoms with Crippen LogP contribution in [0.1, 0.15) is 12.7 Å². The maximum absolute atomic E-state index is 10.9. The van der Waals surface area contributed by atoms with E-state index in [0.717, 1.165) is 0 Å². The maximum atomic E-state index is 10.9. The van der Waals surface area contributed by atoms with Crippen molar-refractivity contribution in [3.05, 3.63) is 34.1 Å². The summed E-state index contributed by atoms with van der Waals surface area (Å²) in [5, 5.41) is 4.70. The predicted molar refractivity (Wildman–Crippen MR) is 74.0 cm³/mol. The van der Waals surface area contributed by atoms with Crippen LogP contribution in [-0.2, 0) is 11.2 Å². The van der Waals surface area contributed by atoms with Gasteiger partial charge in [-0.2, -0.15) is 4.37 Å². The molecule has 0 atom stereocenters. The number of anilines is 2. The summed E-state index contributed by atoms with van der Waals surface area (Å²) in [5.74, 6) is 0.545. The van der Waals surface area contributed by atoms with Gasteiger partial charge in [-0.3, -0.25) is 4.79 Å². The molecular weight excluding hydrogens is 293 g/mol. The zero-order valence-corrected chi connectivity index (χ0v) is 11.7. The highest BCUT2D eigenvalue weighted by Gasteiger charge is 2.08. The summed E-state index contributed by atoms with van der Waals surface area (Å²) in [6.07, 6.45) is 0.243. The molecule has 94 valence electrons. The first-order valence-corrected chi connectivity index (χ1v) is 6.61. The van der Waals surface area contributed by atoms with E-state index in [1.54, 1.807) is 18.2 Å². The number of nitrogens with zero attached hydrogens (tertiary/aromatic N) is 2. The molecule has 0 aliphatic heterocycles. The number of hydrogen-bond acceptors (Lipinski definition) is 5. The highest BCUT2D eigenvalue weighted by Crippen LogP contribution is 2.28. The molecular formula is C11H9Cl2N3OS. The third-order valence-corrected chi connectivity index (χ3v) is 3.26. The highest BCUT2D eigenvalue weighted by atomic mass is 35.5. The molecule has 0 aliphatic carbocycles. The zero-order chi connectivity index (χ0) is 13.1. The largest absolute Gasteiger partial charge is 0.329 e. The molecule has 0 fully saturated rings. The summed E-state index contributed by atoms with van der Waals surface area (Å²) in [6, 6.07) is 5.13. The Morgan fingerprint density at radius 1 is 1.44 bits per heavy atom. The number of nitrogens with one attached hydrogen (secondary N) is 1. The Morgan fingerprint density at radius 3 is 2.89 bits per heavy atom. The van der Waals surface area contributed by atoms with Crippen LogP contribution in [0.2, 0.25) is 10.0 Å². The molecule has 0 radical (unpaired) electrons. The fourth-order valence-electron chi connectivity index (χ4n) is 1.31. The van der Waals surface area contributed by atoms with E-state index in [9.17, 15) is 4.79 Å². The second kappa shape index (κ2) is 5.65. The molecule has 7 heteroatoms. The molecule has 1 N–H and O–H groups in total. The van der Waals surface area contributed by atoms with Gasteiger partial charge in [0.1, 0.15) is 5.78 Å². The van der Waals surface area contributed by atoms with Crippen LogP contribution in [-0.4, -0.2) is 15.1 Å². The molecule has 0 unspecified atom stereocenters. The quantitative estimate of drug-likeness (QED) is 0.935. The Morgan fingerprint density at radius 2 is 2.22 bits per heavy atom. The first-order valence-electron chi connectivity index (χ1n) is 5.08. The molecule has 0 spiro atoms. The molecule has 18 heavy (non-hydrogen) atoms. The second-order valence-corrected chi connectivity index (χ2v) is 5.24. The van der Waals surface area contributed by atoms with Crippen molar-refractivity contribution in [1.29, 1.82) is 0 Å². The first kappa shape index (κ1) is 13.3. The molecule has 0 saturated heterocycles. The molecule has 0 aliphatic rings. The van der Waals surface area contributed by atoms with E-state index in [0.29, 0.717) is 26.7 Å². The summed E-state index contributed by atoms with van der Waals surface area (Å²) in [6.45, 7) is 1.50. The number of Topliss-reactive ketones (excluding diaryl/α,β-unsaturated/α-hetero) is 1. The van der Waals surface area contributed by atoms with Gasteiger partial charge in [-0.25, -0.2) is 4.98 Å². The number of carbonyl (C=O) groups excluding carboxylic acids is 1. The molecule has 1 aromatic carbocycles. The van der Waals surface area contributed by atoms with Crippen molar-refractivity contribution in [2.75, 3.05) is 5.32 Å². The van der Waals surface area contributed by atoms with Crippen molar-refractivity contribution in [2.24, 2.45) is 0 Å². The zero-order valence-electron chi connectivity index (χ0n) is 9.41. The monoisotopic (exact) mass is 301 g/mol. The van der Waals surface area contributed by atoms with Gasteiger partial charge in [0.15, 0.2) is 5.82 Å². The van der Waals surface area contributed by atoms with Gasteiger partial charge in [-0.15, -0.1) is 0 Å². The normalized spacial score (nSPS) is 10.4. The molecule has 4 nitrogen and oxygen atoms in total. The predicted octanol–water partition coefficient (Wildman–Crippen LogP) is 3.72. The van der Waals surface area contributed by atoms with Gasteiger partial charge < -0.3 is 5.32 Å². The minimum Gasteiger partial charge on any atom is -0.329 e. The first-order chi connectivity index (χ1) is 8.54. The van der Waals surface area contributed by atoms with Crippen LogP contribution in [0.5, 0.6) is 0 Å². The lowest BCUT2D eigenvalue weighted by molar-refractivity contribution is -0.116. The highest BCUT2D eigenvalue weighted by molar-refractivity contribution is 7.09. The molecule has 0 amide bonds. The van der Waals surface area contributed by atoms with Crippen molar-refractivity contribution in [2.45, 2.75) is 13.3 Å². The Labute approximate surface area is 118 Å². The number of benzene rings is 1. The van der Waals surface area contributed by atoms with Crippen LogP contribution < -0.4 is 5.32 Å². The Balaban J connectivity index is 2.13. The van der Waals surface area contributed by atoms with E-state index in [1.807, 2.05) is 0 Å². The van der Waals surface area contributed by atoms with Crippen molar-refractivity contribution in [3.63, 3.8) is 0 Å². The van der Waals surface area contributed by atoms with Crippen LogP contribution in [0.25, 0.3) is 0 Å². The topological polar surface area (TPSA) is 54.9 Å². The van der Waals surface area contributed by atoms with E-state index >= 15 is 0 Å². The van der Waals surface area contributed by atoms with Gasteiger partial charge in [-0.1, -0.05) is 23.2 Å². The molecule has 1 heterocycles. The smallest absolute Gasteiger partial charge is 0.207 e. The van der Waals surface area contributed by atoms with E-state index in [2.05, 4.69) is 14.7 Å². The number of halogens is 2. The van der Waals surface area contributed by atoms with Crippen molar-refractivity contribution in [1.82, 2.24) is 9.36 Å². The lowest BCUT2D eigenvalue weighted by Gasteiger charge is -2.04. The Hall–Kier alpha value is -1.17. The lowest BCUT2D eigenvalue weighted by Crippen LogP contribution is -1.98. The van der Waals surface area contributed by atoms with E-state index in [4.69, 9.17) is 23.2 Å². The number of aromatic nitrogens is 2. The van der Waals surface area contributed by atoms with Gasteiger partial charge in [0.05, 0.1) is 17.1 Å². The van der Waals surface area contributed by atoms with Gasteiger partial charge >= 0.3 is 0 Å². The summed E-state index contributed by atoms with van der Waals surface area (Å²) in [5.41, 5.74) is 0.701. The van der Waals surface area contributed by atoms with Crippen LogP contribution in [0.4, 0.5) is 10.8 Å². The summed E-state index contributed by atoms with van der Waals surface area (Å²) < 4.78 is 4.08. The fourth-order valence-corrected chi connectivity index (χ4v) is 2.36. The van der Waals surface area contributed by atoms with Gasteiger partial charge in [0.2, 0.25) is 5.13 Å². The van der Waals surface area contributed by atoms with Gasteiger partial charge in [-0.05, 0) is 25.1 Å². The molecule has 1 aromatic heterocycles. The third kappa shape index (κ3) is 3.41. The number of ketones is 1. The average Bonchev–Trinajstić information content (AvgIpc) is 2.69. The van der Waals surface area contributed by atoms with Gasteiger partial charge in [0, 0.05) is 16.6 Å². The summed E-state index contributed by atoms with van der Waals surface area (Å²) in [4.78, 5) is 15.1. The van der Waals surface area contributed by atoms with Crippen LogP contribution in [0.3, 0.4) is 0 Å². The molecule has 2 aromatic rings. The number of carbonyl (C=O) groups is 1. The van der Waals surface area contributed by atoms with E-state index in [1.165, 1.54) is 18.5 Å². The standard InChI is InChI=1S/C11H9Cl2N3OS/c1-6(17)4-10-15-11(18-16-10)14-9-3-2-7(12)5-8(9)13/h2-3,5H,4H2,1H3,(H,14,15,16). The molecule has 2 rings (SSSR count). The van der Waals surface area contributed by atoms with Gasteiger partial charge in [0.25, 0.3) is 0 Å². The van der Waals surface area contributed by atoms with Crippen molar-refractivity contribution < 1.29 is 4.79 Å². The van der Waals surface area contributed by atoms with Crippen LogP contribution >= 0.6 is 34.7 Å². The Bertz CT molecular complexity index is 585. The van der Waals surface area contributed by atoms with E-state index < -0.39 is 0 Å². The summed E-state index contributed by atoms with van der Waals surface area (Å²) >= 11 is 13.0. The Kier molecular flexibility index (Phi) is 4.16. The van der Waals surface area contributed by atoms with Crippen LogP contribution in [0.15, 0.2) is 18.2 Å². The average molecular weight is 302 g/mol. The second-order valence-electron chi connectivity index (χ2n) is 3.64. The number of hydrogen-bond donors (Lipinski definition) is 1. The minimum atomic E-state index is 0.0314. The van der Waals surface area contributed by atoms with E-state index in [-0.39, 0.29) is 12.2 Å².